The van der Waals surface area contributed by atoms with E-state index in [-0.39, 0.29) is 10.8 Å². The van der Waals surface area contributed by atoms with Crippen molar-refractivity contribution >= 4 is 44.1 Å². The molecule has 0 aliphatic rings. The van der Waals surface area contributed by atoms with Gasteiger partial charge in [-0.25, -0.2) is 15.0 Å². The highest BCUT2D eigenvalue weighted by Crippen LogP contribution is 2.32. The normalized spacial score (nSPS) is 11.8. The number of nitrogens with zero attached hydrogens (tertiary/aromatic N) is 5. The van der Waals surface area contributed by atoms with Crippen LogP contribution in [0.5, 0.6) is 5.88 Å². The number of fused-ring (bicyclic) bond motifs is 2. The first-order valence-electron chi connectivity index (χ1n) is 10.1. The van der Waals surface area contributed by atoms with Crippen LogP contribution in [0.25, 0.3) is 22.2 Å². The summed E-state index contributed by atoms with van der Waals surface area (Å²) in [5, 5.41) is 0.806. The van der Waals surface area contributed by atoms with E-state index in [2.05, 4.69) is 29.9 Å². The molecule has 0 bridgehead atoms. The average Bonchev–Trinajstić information content (AvgIpc) is 3.23. The molecule has 1 aromatic carbocycles. The second kappa shape index (κ2) is 8.41. The van der Waals surface area contributed by atoms with Crippen LogP contribution in [-0.2, 0) is 16.5 Å². The van der Waals surface area contributed by atoms with E-state index in [1.54, 1.807) is 36.8 Å². The van der Waals surface area contributed by atoms with Gasteiger partial charge in [0, 0.05) is 29.2 Å². The molecule has 166 valence electrons. The molecule has 0 spiro atoms. The van der Waals surface area contributed by atoms with Crippen LogP contribution in [0.4, 0.5) is 0 Å². The Hall–Kier alpha value is -3.57. The van der Waals surface area contributed by atoms with Gasteiger partial charge in [0.1, 0.15) is 16.1 Å². The highest BCUT2D eigenvalue weighted by atomic mass is 32.2. The molecule has 5 aromatic rings. The maximum Gasteiger partial charge on any atom is 0.340 e. The fourth-order valence-electron chi connectivity index (χ4n) is 3.17. The van der Waals surface area contributed by atoms with E-state index < -0.39 is 10.1 Å². The molecule has 0 amide bonds. The number of benzene rings is 1. The van der Waals surface area contributed by atoms with E-state index in [0.29, 0.717) is 27.4 Å². The summed E-state index contributed by atoms with van der Waals surface area (Å²) in [4.78, 5) is 25.7. The number of aryl methyl sites for hydroxylation is 2. The number of aromatic nitrogens is 6. The minimum atomic E-state index is -4.08. The van der Waals surface area contributed by atoms with Gasteiger partial charge in [-0.1, -0.05) is 24.6 Å². The van der Waals surface area contributed by atoms with Gasteiger partial charge in [-0.05, 0) is 49.4 Å². The van der Waals surface area contributed by atoms with Crippen molar-refractivity contribution in [3.05, 3.63) is 66.2 Å². The number of rotatable bonds is 6. The Bertz CT molecular complexity index is 1580. The van der Waals surface area contributed by atoms with Crippen molar-refractivity contribution in [2.75, 3.05) is 0 Å². The second-order valence-corrected chi connectivity index (χ2v) is 9.83. The van der Waals surface area contributed by atoms with Crippen LogP contribution in [0.2, 0.25) is 0 Å². The van der Waals surface area contributed by atoms with Gasteiger partial charge in [-0.2, -0.15) is 13.4 Å². The number of nitrogens with one attached hydrogen (secondary N) is 1. The summed E-state index contributed by atoms with van der Waals surface area (Å²) in [7, 11) is -4.08. The molecule has 0 saturated heterocycles. The molecule has 0 unspecified atom stereocenters. The molecule has 33 heavy (non-hydrogen) atoms. The largest absolute Gasteiger partial charge is 0.357 e. The molecular weight excluding hydrogens is 460 g/mol. The lowest BCUT2D eigenvalue weighted by molar-refractivity contribution is 0.476. The van der Waals surface area contributed by atoms with Gasteiger partial charge in [0.05, 0.1) is 5.39 Å². The van der Waals surface area contributed by atoms with Gasteiger partial charge in [0.15, 0.2) is 10.8 Å². The van der Waals surface area contributed by atoms with Crippen LogP contribution in [0.15, 0.2) is 69.9 Å². The lowest BCUT2D eigenvalue weighted by Gasteiger charge is -2.09. The van der Waals surface area contributed by atoms with Gasteiger partial charge in [-0.3, -0.25) is 4.98 Å². The first-order chi connectivity index (χ1) is 15.9. The summed E-state index contributed by atoms with van der Waals surface area (Å²) in [5.41, 5.74) is 3.50. The van der Waals surface area contributed by atoms with E-state index in [9.17, 15) is 8.42 Å². The van der Waals surface area contributed by atoms with Crippen molar-refractivity contribution in [2.24, 2.45) is 0 Å². The average molecular weight is 479 g/mol. The van der Waals surface area contributed by atoms with E-state index in [1.165, 1.54) is 23.9 Å². The highest BCUT2D eigenvalue weighted by molar-refractivity contribution is 7.99. The molecule has 11 heteroatoms. The Balaban J connectivity index is 1.55. The highest BCUT2D eigenvalue weighted by Gasteiger charge is 2.22. The third-order valence-electron chi connectivity index (χ3n) is 4.88. The van der Waals surface area contributed by atoms with Crippen LogP contribution < -0.4 is 4.18 Å². The molecule has 9 nitrogen and oxygen atoms in total. The van der Waals surface area contributed by atoms with Crippen molar-refractivity contribution in [1.29, 1.82) is 0 Å². The molecule has 5 rings (SSSR count). The van der Waals surface area contributed by atoms with Gasteiger partial charge in [0.2, 0.25) is 5.88 Å². The van der Waals surface area contributed by atoms with Crippen LogP contribution >= 0.6 is 11.8 Å². The Morgan fingerprint density at radius 3 is 2.61 bits per heavy atom. The lowest BCUT2D eigenvalue weighted by atomic mass is 10.2. The van der Waals surface area contributed by atoms with E-state index in [1.807, 2.05) is 19.9 Å². The Morgan fingerprint density at radius 1 is 1.03 bits per heavy atom. The summed E-state index contributed by atoms with van der Waals surface area (Å²) >= 11 is 1.22. The zero-order chi connectivity index (χ0) is 23.0. The molecular formula is C22H18N6O3S2. The maximum atomic E-state index is 12.9. The zero-order valence-corrected chi connectivity index (χ0v) is 19.3. The van der Waals surface area contributed by atoms with Gasteiger partial charge in [-0.15, -0.1) is 0 Å². The summed E-state index contributed by atoms with van der Waals surface area (Å²) in [6, 6.07) is 10.1. The number of aromatic amines is 1. The third kappa shape index (κ3) is 4.37. The summed E-state index contributed by atoms with van der Waals surface area (Å²) < 4.78 is 31.3. The van der Waals surface area contributed by atoms with Crippen molar-refractivity contribution in [3.8, 4) is 5.88 Å². The molecule has 0 aliphatic heterocycles. The van der Waals surface area contributed by atoms with Gasteiger partial charge in [0.25, 0.3) is 0 Å². The lowest BCUT2D eigenvalue weighted by Crippen LogP contribution is -2.11. The van der Waals surface area contributed by atoms with Crippen molar-refractivity contribution in [2.45, 2.75) is 35.2 Å². The van der Waals surface area contributed by atoms with Crippen molar-refractivity contribution < 1.29 is 12.6 Å². The molecule has 1 N–H and O–H groups in total. The topological polar surface area (TPSA) is 124 Å². The fraction of sp³-hybridized carbons (Fsp3) is 0.136. The summed E-state index contributed by atoms with van der Waals surface area (Å²) in [6.07, 6.45) is 5.53. The smallest absolute Gasteiger partial charge is 0.340 e. The molecule has 0 aliphatic carbocycles. The first-order valence-corrected chi connectivity index (χ1v) is 12.3. The fourth-order valence-corrected chi connectivity index (χ4v) is 4.83. The Labute approximate surface area is 193 Å². The van der Waals surface area contributed by atoms with Crippen LogP contribution in [0.1, 0.15) is 18.2 Å². The minimum absolute atomic E-state index is 0.0347. The van der Waals surface area contributed by atoms with Crippen molar-refractivity contribution in [1.82, 2.24) is 29.9 Å². The van der Waals surface area contributed by atoms with Crippen LogP contribution in [0.3, 0.4) is 0 Å². The van der Waals surface area contributed by atoms with Gasteiger partial charge >= 0.3 is 10.1 Å². The predicted octanol–water partition coefficient (Wildman–Crippen LogP) is 4.09. The predicted molar refractivity (Wildman–Crippen MR) is 124 cm³/mol. The molecule has 0 fully saturated rings. The standard InChI is InChI=1S/C22H18N6O3S2/c1-3-14-10-17-19(26-14)27-22(32-15-11-18-20(25-12-15)24-9-8-23-18)28-21(17)31-33(29,30)16-6-4-13(2)5-7-16/h4-12H,3H2,1-2H3,(H,26,27,28). The number of hydrogen-bond acceptors (Lipinski definition) is 9. The number of H-pyrrole nitrogens is 1. The number of pyridine rings is 1. The van der Waals surface area contributed by atoms with Gasteiger partial charge < -0.3 is 9.17 Å². The SMILES string of the molecule is CCc1cc2c(OS(=O)(=O)c3ccc(C)cc3)nc(Sc3cnc4nccnc4c3)nc2[nH]1. The Morgan fingerprint density at radius 2 is 1.82 bits per heavy atom. The first kappa shape index (κ1) is 21.3. The summed E-state index contributed by atoms with van der Waals surface area (Å²) in [5.74, 6) is -0.0347. The quantitative estimate of drug-likeness (QED) is 0.284. The van der Waals surface area contributed by atoms with Crippen LogP contribution in [-0.4, -0.2) is 38.3 Å². The Kier molecular flexibility index (Phi) is 5.43. The number of hydrogen-bond donors (Lipinski definition) is 1. The zero-order valence-electron chi connectivity index (χ0n) is 17.7. The molecule has 0 atom stereocenters. The monoisotopic (exact) mass is 478 g/mol. The molecule has 0 saturated carbocycles. The molecule has 4 aromatic heterocycles. The van der Waals surface area contributed by atoms with Crippen molar-refractivity contribution in [3.63, 3.8) is 0 Å². The van der Waals surface area contributed by atoms with E-state index in [0.717, 1.165) is 22.6 Å². The minimum Gasteiger partial charge on any atom is -0.357 e. The molecule has 0 radical (unpaired) electrons. The third-order valence-corrected chi connectivity index (χ3v) is 6.93. The molecule has 4 heterocycles. The van der Waals surface area contributed by atoms with E-state index in [4.69, 9.17) is 4.18 Å². The maximum absolute atomic E-state index is 12.9. The summed E-state index contributed by atoms with van der Waals surface area (Å²) in [6.45, 7) is 3.87. The van der Waals surface area contributed by atoms with E-state index >= 15 is 0 Å². The second-order valence-electron chi connectivity index (χ2n) is 7.24. The van der Waals surface area contributed by atoms with Crippen LogP contribution in [0, 0.1) is 6.92 Å².